The summed E-state index contributed by atoms with van der Waals surface area (Å²) in [7, 11) is 3.24. The van der Waals surface area contributed by atoms with Crippen LogP contribution in [0.5, 0.6) is 0 Å². The van der Waals surface area contributed by atoms with E-state index in [0.29, 0.717) is 31.2 Å². The lowest BCUT2D eigenvalue weighted by Gasteiger charge is -2.16. The van der Waals surface area contributed by atoms with E-state index in [1.165, 1.54) is 11.3 Å². The van der Waals surface area contributed by atoms with Crippen molar-refractivity contribution in [3.8, 4) is 0 Å². The largest absolute Gasteiger partial charge is 0.497 e. The van der Waals surface area contributed by atoms with Crippen molar-refractivity contribution in [2.45, 2.75) is 26.3 Å². The zero-order valence-electron chi connectivity index (χ0n) is 16.0. The van der Waals surface area contributed by atoms with E-state index in [4.69, 9.17) is 9.47 Å². The Kier molecular flexibility index (Phi) is 7.75. The molecule has 0 spiro atoms. The molecule has 0 aliphatic carbocycles. The number of amides is 2. The number of nitrogens with zero attached hydrogens (tertiary/aromatic N) is 2. The number of ether oxygens (including phenoxy) is 2. The maximum atomic E-state index is 12.2. The predicted octanol–water partition coefficient (Wildman–Crippen LogP) is 3.39. The maximum absolute atomic E-state index is 12.2. The van der Waals surface area contributed by atoms with Crippen molar-refractivity contribution in [3.05, 3.63) is 52.3 Å². The maximum Gasteiger partial charge on any atom is 0.320 e. The smallest absolute Gasteiger partial charge is 0.320 e. The SMILES string of the molecule is C=C(OC)C1=C(C(=C)C(C)CCOC)N=C(NC(=O)NCc2nccs2)C1. The summed E-state index contributed by atoms with van der Waals surface area (Å²) in [5.41, 5.74) is 2.43. The van der Waals surface area contributed by atoms with Gasteiger partial charge in [-0.25, -0.2) is 14.8 Å². The molecule has 1 aliphatic heterocycles. The van der Waals surface area contributed by atoms with Gasteiger partial charge < -0.3 is 14.8 Å². The lowest BCUT2D eigenvalue weighted by atomic mass is 9.94. The molecule has 146 valence electrons. The second kappa shape index (κ2) is 10.0. The molecule has 1 aromatic heterocycles. The first-order valence-electron chi connectivity index (χ1n) is 8.61. The van der Waals surface area contributed by atoms with Crippen LogP contribution in [0.3, 0.4) is 0 Å². The molecule has 2 rings (SSSR count). The molecule has 7 nitrogen and oxygen atoms in total. The van der Waals surface area contributed by atoms with Crippen molar-refractivity contribution < 1.29 is 14.3 Å². The van der Waals surface area contributed by atoms with E-state index in [9.17, 15) is 4.79 Å². The normalized spacial score (nSPS) is 14.6. The third-order valence-electron chi connectivity index (χ3n) is 4.26. The lowest BCUT2D eigenvalue weighted by molar-refractivity contribution is 0.185. The molecule has 1 aliphatic rings. The number of methoxy groups -OCH3 is 2. The number of hydrogen-bond acceptors (Lipinski definition) is 6. The molecule has 1 aromatic rings. The summed E-state index contributed by atoms with van der Waals surface area (Å²) in [5, 5.41) is 8.27. The number of thiazole rings is 1. The Balaban J connectivity index is 2.03. The van der Waals surface area contributed by atoms with Crippen molar-refractivity contribution in [2.24, 2.45) is 10.9 Å². The van der Waals surface area contributed by atoms with Gasteiger partial charge in [0.25, 0.3) is 0 Å². The first-order valence-corrected chi connectivity index (χ1v) is 9.49. The van der Waals surface area contributed by atoms with Gasteiger partial charge in [-0.05, 0) is 17.9 Å². The van der Waals surface area contributed by atoms with Crippen LogP contribution in [0.2, 0.25) is 0 Å². The zero-order chi connectivity index (χ0) is 19.8. The van der Waals surface area contributed by atoms with Gasteiger partial charge in [0.1, 0.15) is 16.6 Å². The minimum absolute atomic E-state index is 0.182. The lowest BCUT2D eigenvalue weighted by Crippen LogP contribution is -2.38. The number of amidine groups is 1. The van der Waals surface area contributed by atoms with Gasteiger partial charge in [-0.15, -0.1) is 11.3 Å². The highest BCUT2D eigenvalue weighted by Crippen LogP contribution is 2.33. The molecule has 2 heterocycles. The predicted molar refractivity (Wildman–Crippen MR) is 108 cm³/mol. The number of nitrogens with one attached hydrogen (secondary N) is 2. The third kappa shape index (κ3) is 5.77. The van der Waals surface area contributed by atoms with Crippen molar-refractivity contribution in [3.63, 3.8) is 0 Å². The Bertz CT molecular complexity index is 753. The number of carbonyl (C=O) groups excluding carboxylic acids is 1. The van der Waals surface area contributed by atoms with Crippen LogP contribution >= 0.6 is 11.3 Å². The third-order valence-corrected chi connectivity index (χ3v) is 5.03. The first-order chi connectivity index (χ1) is 13.0. The molecule has 2 N–H and O–H groups in total. The second-order valence-corrected chi connectivity index (χ2v) is 7.11. The second-order valence-electron chi connectivity index (χ2n) is 6.13. The molecule has 1 unspecified atom stereocenters. The van der Waals surface area contributed by atoms with Crippen LogP contribution in [0.25, 0.3) is 0 Å². The summed E-state index contributed by atoms with van der Waals surface area (Å²) >= 11 is 1.49. The van der Waals surface area contributed by atoms with E-state index < -0.39 is 0 Å². The van der Waals surface area contributed by atoms with Gasteiger partial charge in [0.05, 0.1) is 19.4 Å². The molecule has 0 aromatic carbocycles. The molecule has 8 heteroatoms. The minimum atomic E-state index is -0.328. The van der Waals surface area contributed by atoms with E-state index in [2.05, 4.69) is 40.7 Å². The van der Waals surface area contributed by atoms with Crippen LogP contribution in [-0.4, -0.2) is 37.7 Å². The Hall–Kier alpha value is -2.45. The van der Waals surface area contributed by atoms with Crippen LogP contribution in [0.4, 0.5) is 4.79 Å². The van der Waals surface area contributed by atoms with Gasteiger partial charge in [0.15, 0.2) is 0 Å². The van der Waals surface area contributed by atoms with E-state index in [-0.39, 0.29) is 11.9 Å². The summed E-state index contributed by atoms with van der Waals surface area (Å²) in [6.07, 6.45) is 2.97. The number of carbonyl (C=O) groups is 1. The number of hydrogen-bond donors (Lipinski definition) is 2. The van der Waals surface area contributed by atoms with Crippen LogP contribution in [0.15, 0.2) is 52.3 Å². The van der Waals surface area contributed by atoms with Crippen molar-refractivity contribution in [1.82, 2.24) is 15.6 Å². The Labute approximate surface area is 163 Å². The van der Waals surface area contributed by atoms with E-state index in [1.54, 1.807) is 20.4 Å². The quantitative estimate of drug-likeness (QED) is 0.633. The average molecular weight is 391 g/mol. The topological polar surface area (TPSA) is 84.8 Å². The molecule has 0 radical (unpaired) electrons. The van der Waals surface area contributed by atoms with E-state index in [1.807, 2.05) is 5.38 Å². The van der Waals surface area contributed by atoms with Gasteiger partial charge in [-0.2, -0.15) is 0 Å². The number of aromatic nitrogens is 1. The molecule has 0 fully saturated rings. The minimum Gasteiger partial charge on any atom is -0.497 e. The Morgan fingerprint density at radius 3 is 2.81 bits per heavy atom. The summed E-state index contributed by atoms with van der Waals surface area (Å²) < 4.78 is 10.4. The fourth-order valence-corrected chi connectivity index (χ4v) is 3.11. The molecule has 2 amide bonds. The van der Waals surface area contributed by atoms with Gasteiger partial charge in [-0.3, -0.25) is 5.32 Å². The molecule has 1 atom stereocenters. The van der Waals surface area contributed by atoms with Crippen LogP contribution in [0, 0.1) is 5.92 Å². The summed E-state index contributed by atoms with van der Waals surface area (Å²) in [4.78, 5) is 20.9. The van der Waals surface area contributed by atoms with E-state index in [0.717, 1.165) is 28.3 Å². The molecule has 0 saturated carbocycles. The van der Waals surface area contributed by atoms with Crippen LogP contribution in [0.1, 0.15) is 24.8 Å². The molecular formula is C19H26N4O3S. The number of allylic oxidation sites excluding steroid dienone is 2. The van der Waals surface area contributed by atoms with Crippen molar-refractivity contribution >= 4 is 23.2 Å². The number of aliphatic imine (C=N–C) groups is 1. The summed E-state index contributed by atoms with van der Waals surface area (Å²) in [5.74, 6) is 1.24. The zero-order valence-corrected chi connectivity index (χ0v) is 16.8. The van der Waals surface area contributed by atoms with Gasteiger partial charge in [-0.1, -0.05) is 20.1 Å². The molecular weight excluding hydrogens is 364 g/mol. The van der Waals surface area contributed by atoms with Crippen LogP contribution < -0.4 is 10.6 Å². The highest BCUT2D eigenvalue weighted by Gasteiger charge is 2.25. The summed E-state index contributed by atoms with van der Waals surface area (Å²) in [6, 6.07) is -0.328. The monoisotopic (exact) mass is 390 g/mol. The highest BCUT2D eigenvalue weighted by molar-refractivity contribution is 7.09. The van der Waals surface area contributed by atoms with Gasteiger partial charge in [0, 0.05) is 37.3 Å². The Morgan fingerprint density at radius 2 is 2.19 bits per heavy atom. The fourth-order valence-electron chi connectivity index (χ4n) is 2.56. The highest BCUT2D eigenvalue weighted by atomic mass is 32.1. The first kappa shape index (κ1) is 20.9. The molecule has 0 saturated heterocycles. The summed E-state index contributed by atoms with van der Waals surface area (Å²) in [6.45, 7) is 11.2. The van der Waals surface area contributed by atoms with Crippen LogP contribution in [-0.2, 0) is 16.0 Å². The number of rotatable bonds is 9. The van der Waals surface area contributed by atoms with Crippen molar-refractivity contribution in [2.75, 3.05) is 20.8 Å². The average Bonchev–Trinajstić information content (AvgIpc) is 3.33. The van der Waals surface area contributed by atoms with E-state index >= 15 is 0 Å². The molecule has 27 heavy (non-hydrogen) atoms. The number of urea groups is 1. The fraction of sp³-hybridized carbons (Fsp3) is 0.421. The Morgan fingerprint density at radius 1 is 1.41 bits per heavy atom. The van der Waals surface area contributed by atoms with Crippen molar-refractivity contribution in [1.29, 1.82) is 0 Å². The van der Waals surface area contributed by atoms with Gasteiger partial charge >= 0.3 is 6.03 Å². The molecule has 0 bridgehead atoms. The van der Waals surface area contributed by atoms with Gasteiger partial charge in [0.2, 0.25) is 0 Å². The standard InChI is InChI=1S/C19H26N4O3S/c1-12(6-8-25-4)13(2)18-15(14(3)26-5)10-16(22-18)23-19(24)21-11-17-20-7-9-27-17/h7,9,12H,2-3,6,8,10-11H2,1,4-5H3,(H2,21,22,23,24).